The van der Waals surface area contributed by atoms with E-state index in [9.17, 15) is 4.79 Å². The fourth-order valence-electron chi connectivity index (χ4n) is 3.31. The van der Waals surface area contributed by atoms with Crippen molar-refractivity contribution in [3.63, 3.8) is 0 Å². The molecule has 0 aliphatic heterocycles. The molecule has 4 rings (SSSR count). The average Bonchev–Trinajstić information content (AvgIpc) is 3.33. The molecule has 2 aliphatic rings. The van der Waals surface area contributed by atoms with Crippen LogP contribution in [0.25, 0.3) is 10.2 Å². The number of nitrogens with zero attached hydrogens (tertiary/aromatic N) is 2. The van der Waals surface area contributed by atoms with Gasteiger partial charge in [0.2, 0.25) is 5.91 Å². The Hall–Kier alpha value is -1.14. The van der Waals surface area contributed by atoms with E-state index in [1.165, 1.54) is 47.9 Å². The number of hydrogen-bond acceptors (Lipinski definition) is 5. The van der Waals surface area contributed by atoms with Gasteiger partial charge >= 0.3 is 0 Å². The third kappa shape index (κ3) is 3.24. The normalized spacial score (nSPS) is 18.7. The highest BCUT2D eigenvalue weighted by Gasteiger charge is 2.29. The van der Waals surface area contributed by atoms with E-state index in [0.29, 0.717) is 17.7 Å². The lowest BCUT2D eigenvalue weighted by molar-refractivity contribution is -0.119. The zero-order valence-electron chi connectivity index (χ0n) is 13.3. The van der Waals surface area contributed by atoms with Crippen LogP contribution in [0, 0.1) is 5.92 Å². The maximum absolute atomic E-state index is 12.1. The van der Waals surface area contributed by atoms with Gasteiger partial charge in [0.1, 0.15) is 16.2 Å². The molecule has 122 valence electrons. The van der Waals surface area contributed by atoms with Gasteiger partial charge in [0, 0.05) is 16.3 Å². The monoisotopic (exact) mass is 347 g/mol. The number of fused-ring (bicyclic) bond motifs is 3. The smallest absolute Gasteiger partial charge is 0.230 e. The summed E-state index contributed by atoms with van der Waals surface area (Å²) in [5, 5.41) is 5.30. The summed E-state index contributed by atoms with van der Waals surface area (Å²) in [6.45, 7) is 2.11. The fourth-order valence-corrected chi connectivity index (χ4v) is 5.44. The Labute approximate surface area is 144 Å². The molecule has 23 heavy (non-hydrogen) atoms. The molecule has 1 N–H and O–H groups in total. The van der Waals surface area contributed by atoms with Gasteiger partial charge in [-0.25, -0.2) is 9.97 Å². The highest BCUT2D eigenvalue weighted by atomic mass is 32.2. The highest BCUT2D eigenvalue weighted by Crippen LogP contribution is 2.39. The van der Waals surface area contributed by atoms with Crippen LogP contribution >= 0.6 is 23.1 Å². The molecule has 0 unspecified atom stereocenters. The number of aromatic nitrogens is 2. The number of rotatable bonds is 5. The Bertz CT molecular complexity index is 739. The minimum Gasteiger partial charge on any atom is -0.353 e. The lowest BCUT2D eigenvalue weighted by atomic mass is 9.97. The Morgan fingerprint density at radius 3 is 3.04 bits per heavy atom. The van der Waals surface area contributed by atoms with E-state index in [1.54, 1.807) is 29.4 Å². The molecule has 1 fully saturated rings. The minimum absolute atomic E-state index is 0.116. The Kier molecular flexibility index (Phi) is 4.28. The molecule has 4 nitrogen and oxygen atoms in total. The molecule has 6 heteroatoms. The van der Waals surface area contributed by atoms with Gasteiger partial charge in [0.05, 0.1) is 5.75 Å². The molecule has 1 atom stereocenters. The second kappa shape index (κ2) is 6.40. The van der Waals surface area contributed by atoms with Crippen molar-refractivity contribution >= 4 is 39.2 Å². The fraction of sp³-hybridized carbons (Fsp3) is 0.588. The predicted octanol–water partition coefficient (Wildman–Crippen LogP) is 3.58. The number of thioether (sulfide) groups is 1. The third-order valence-corrected chi connectivity index (χ3v) is 6.96. The maximum Gasteiger partial charge on any atom is 0.230 e. The van der Waals surface area contributed by atoms with Gasteiger partial charge in [-0.1, -0.05) is 11.8 Å². The van der Waals surface area contributed by atoms with Crippen molar-refractivity contribution in [3.05, 3.63) is 16.8 Å². The summed E-state index contributed by atoms with van der Waals surface area (Å²) in [4.78, 5) is 23.6. The van der Waals surface area contributed by atoms with E-state index < -0.39 is 0 Å². The summed E-state index contributed by atoms with van der Waals surface area (Å²) in [6.07, 6.45) is 8.96. The molecule has 0 spiro atoms. The molecular weight excluding hydrogens is 326 g/mol. The molecule has 0 radical (unpaired) electrons. The van der Waals surface area contributed by atoms with Gasteiger partial charge in [0.15, 0.2) is 0 Å². The Morgan fingerprint density at radius 1 is 1.39 bits per heavy atom. The van der Waals surface area contributed by atoms with Crippen LogP contribution in [0.15, 0.2) is 11.4 Å². The van der Waals surface area contributed by atoms with Gasteiger partial charge in [-0.15, -0.1) is 11.3 Å². The zero-order chi connectivity index (χ0) is 15.8. The van der Waals surface area contributed by atoms with E-state index in [0.717, 1.165) is 16.3 Å². The van der Waals surface area contributed by atoms with Crippen molar-refractivity contribution in [2.45, 2.75) is 56.5 Å². The van der Waals surface area contributed by atoms with Crippen molar-refractivity contribution in [2.75, 3.05) is 5.75 Å². The molecule has 1 amide bonds. The van der Waals surface area contributed by atoms with Gasteiger partial charge in [-0.2, -0.15) is 0 Å². The number of carbonyl (C=O) groups is 1. The Balaban J connectivity index is 1.50. The van der Waals surface area contributed by atoms with Gasteiger partial charge in [-0.3, -0.25) is 4.79 Å². The zero-order valence-corrected chi connectivity index (χ0v) is 14.9. The topological polar surface area (TPSA) is 54.9 Å². The molecular formula is C17H21N3OS2. The van der Waals surface area contributed by atoms with Crippen molar-refractivity contribution in [1.82, 2.24) is 15.3 Å². The highest BCUT2D eigenvalue weighted by molar-refractivity contribution is 8.00. The average molecular weight is 348 g/mol. The number of nitrogens with one attached hydrogen (secondary N) is 1. The molecule has 0 saturated heterocycles. The van der Waals surface area contributed by atoms with E-state index >= 15 is 0 Å². The van der Waals surface area contributed by atoms with Crippen LogP contribution in [0.4, 0.5) is 0 Å². The van der Waals surface area contributed by atoms with Gasteiger partial charge < -0.3 is 5.32 Å². The van der Waals surface area contributed by atoms with Crippen molar-refractivity contribution in [3.8, 4) is 0 Å². The van der Waals surface area contributed by atoms with Crippen molar-refractivity contribution in [2.24, 2.45) is 5.92 Å². The minimum atomic E-state index is 0.116. The first kappa shape index (κ1) is 15.4. The predicted molar refractivity (Wildman–Crippen MR) is 95.1 cm³/mol. The number of aryl methyl sites for hydroxylation is 2. The lowest BCUT2D eigenvalue weighted by Gasteiger charge is -2.13. The summed E-state index contributed by atoms with van der Waals surface area (Å²) in [6, 6.07) is 0.308. The summed E-state index contributed by atoms with van der Waals surface area (Å²) in [7, 11) is 0. The second-order valence-corrected chi connectivity index (χ2v) is 8.60. The van der Waals surface area contributed by atoms with Crippen molar-refractivity contribution in [1.29, 1.82) is 0 Å². The number of carbonyl (C=O) groups excluding carboxylic acids is 1. The first-order valence-corrected chi connectivity index (χ1v) is 10.2. The van der Waals surface area contributed by atoms with Crippen LogP contribution in [0.3, 0.4) is 0 Å². The van der Waals surface area contributed by atoms with Crippen LogP contribution in [-0.2, 0) is 17.6 Å². The van der Waals surface area contributed by atoms with Crippen LogP contribution < -0.4 is 5.32 Å². The molecule has 2 aliphatic carbocycles. The molecule has 2 heterocycles. The second-order valence-electron chi connectivity index (χ2n) is 6.55. The molecule has 2 aromatic heterocycles. The summed E-state index contributed by atoms with van der Waals surface area (Å²) >= 11 is 3.36. The molecule has 1 saturated carbocycles. The quantitative estimate of drug-likeness (QED) is 0.663. The van der Waals surface area contributed by atoms with E-state index in [4.69, 9.17) is 0 Å². The van der Waals surface area contributed by atoms with Crippen LogP contribution in [0.1, 0.15) is 43.0 Å². The summed E-state index contributed by atoms with van der Waals surface area (Å²) in [5.41, 5.74) is 1.44. The molecule has 0 aromatic carbocycles. The Morgan fingerprint density at radius 2 is 2.22 bits per heavy atom. The molecule has 2 aromatic rings. The number of thiophene rings is 1. The standard InChI is InChI=1S/C17H21N3OS2/c1-10(11-6-7-11)20-14(21)8-22-16-15-12-4-2-3-5-13(12)23-17(15)19-9-18-16/h9-11H,2-8H2,1H3,(H,20,21)/t10-/m0/s1. The summed E-state index contributed by atoms with van der Waals surface area (Å²) < 4.78 is 0. The maximum atomic E-state index is 12.1. The van der Waals surface area contributed by atoms with Gasteiger partial charge in [-0.05, 0) is 56.9 Å². The first-order chi connectivity index (χ1) is 11.2. The van der Waals surface area contributed by atoms with E-state index in [1.807, 2.05) is 0 Å². The van der Waals surface area contributed by atoms with Gasteiger partial charge in [0.25, 0.3) is 0 Å². The third-order valence-electron chi connectivity index (χ3n) is 4.77. The summed E-state index contributed by atoms with van der Waals surface area (Å²) in [5.74, 6) is 1.25. The van der Waals surface area contributed by atoms with Crippen LogP contribution in [-0.4, -0.2) is 27.7 Å². The SMILES string of the molecule is C[C@H](NC(=O)CSc1ncnc2sc3c(c12)CCCC3)C1CC1. The van der Waals surface area contributed by atoms with E-state index in [-0.39, 0.29) is 5.91 Å². The number of hydrogen-bond donors (Lipinski definition) is 1. The molecule has 0 bridgehead atoms. The number of amides is 1. The van der Waals surface area contributed by atoms with Crippen LogP contribution in [0.2, 0.25) is 0 Å². The lowest BCUT2D eigenvalue weighted by Crippen LogP contribution is -2.35. The van der Waals surface area contributed by atoms with E-state index in [2.05, 4.69) is 22.2 Å². The van der Waals surface area contributed by atoms with Crippen LogP contribution in [0.5, 0.6) is 0 Å². The first-order valence-electron chi connectivity index (χ1n) is 8.40. The largest absolute Gasteiger partial charge is 0.353 e. The van der Waals surface area contributed by atoms with Crippen molar-refractivity contribution < 1.29 is 4.79 Å².